The van der Waals surface area contributed by atoms with Crippen molar-refractivity contribution in [3.05, 3.63) is 35.8 Å². The molecule has 3 rings (SSSR count). The molecule has 25 heavy (non-hydrogen) atoms. The maximum atomic E-state index is 13.2. The summed E-state index contributed by atoms with van der Waals surface area (Å²) in [6.45, 7) is 6.36. The molecule has 7 heteroatoms. The minimum atomic E-state index is -0.552. The topological polar surface area (TPSA) is 71.8 Å². The van der Waals surface area contributed by atoms with E-state index in [1.54, 1.807) is 4.90 Å². The van der Waals surface area contributed by atoms with Gasteiger partial charge in [-0.1, -0.05) is 0 Å². The molecule has 1 aromatic heterocycles. The normalized spacial score (nSPS) is 17.8. The Labute approximate surface area is 144 Å². The second-order valence-electron chi connectivity index (χ2n) is 7.18. The fraction of sp³-hybridized carbons (Fsp3) is 0.444. The lowest BCUT2D eigenvalue weighted by Gasteiger charge is -2.24. The predicted molar refractivity (Wildman–Crippen MR) is 89.9 cm³/mol. The summed E-state index contributed by atoms with van der Waals surface area (Å²) in [5.41, 5.74) is 0.126. The summed E-state index contributed by atoms with van der Waals surface area (Å²) in [6, 6.07) is 3.89. The van der Waals surface area contributed by atoms with Crippen LogP contribution >= 0.6 is 0 Å². The molecule has 0 spiro atoms. The van der Waals surface area contributed by atoms with Crippen LogP contribution in [0.15, 0.2) is 28.9 Å². The first-order valence-corrected chi connectivity index (χ1v) is 8.18. The van der Waals surface area contributed by atoms with Crippen molar-refractivity contribution in [3.8, 4) is 0 Å². The van der Waals surface area contributed by atoms with E-state index in [0.717, 1.165) is 0 Å². The molecule has 1 saturated heterocycles. The summed E-state index contributed by atoms with van der Waals surface area (Å²) >= 11 is 0. The van der Waals surface area contributed by atoms with Crippen LogP contribution in [0.3, 0.4) is 0 Å². The number of nitrogens with one attached hydrogen (secondary N) is 1. The van der Waals surface area contributed by atoms with Gasteiger partial charge in [-0.25, -0.2) is 9.18 Å². The van der Waals surface area contributed by atoms with E-state index in [0.29, 0.717) is 36.0 Å². The number of carbonyl (C=O) groups excluding carboxylic acids is 2. The number of likely N-dealkylation sites (tertiary alicyclic amines) is 1. The molecule has 1 aromatic carbocycles. The van der Waals surface area contributed by atoms with Crippen LogP contribution in [0.2, 0.25) is 0 Å². The van der Waals surface area contributed by atoms with Crippen molar-refractivity contribution in [2.24, 2.45) is 0 Å². The van der Waals surface area contributed by atoms with Crippen LogP contribution in [0.1, 0.15) is 37.6 Å². The molecule has 1 aliphatic rings. The van der Waals surface area contributed by atoms with Gasteiger partial charge in [-0.2, -0.15) is 0 Å². The van der Waals surface area contributed by atoms with Crippen molar-refractivity contribution in [3.63, 3.8) is 0 Å². The molecule has 0 aliphatic carbocycles. The summed E-state index contributed by atoms with van der Waals surface area (Å²) in [5.74, 6) is -0.723. The zero-order valence-electron chi connectivity index (χ0n) is 14.5. The summed E-state index contributed by atoms with van der Waals surface area (Å²) < 4.78 is 23.8. The first-order valence-electron chi connectivity index (χ1n) is 8.18. The Bertz CT molecular complexity index is 809. The molecule has 2 heterocycles. The largest absolute Gasteiger partial charge is 0.463 e. The summed E-state index contributed by atoms with van der Waals surface area (Å²) in [6.07, 6.45) is 1.59. The number of amides is 2. The highest BCUT2D eigenvalue weighted by atomic mass is 19.1. The first-order chi connectivity index (χ1) is 11.7. The molecule has 1 fully saturated rings. The van der Waals surface area contributed by atoms with Crippen LogP contribution in [0.4, 0.5) is 9.18 Å². The molecule has 1 N–H and O–H groups in total. The molecule has 0 bridgehead atoms. The Kier molecular flexibility index (Phi) is 4.41. The third-order valence-corrected chi connectivity index (χ3v) is 3.96. The molecule has 0 saturated carbocycles. The summed E-state index contributed by atoms with van der Waals surface area (Å²) in [7, 11) is 0. The quantitative estimate of drug-likeness (QED) is 0.904. The molecule has 1 aliphatic heterocycles. The number of carbonyl (C=O) groups is 2. The number of fused-ring (bicyclic) bond motifs is 1. The molecule has 1 atom stereocenters. The van der Waals surface area contributed by atoms with E-state index >= 15 is 0 Å². The van der Waals surface area contributed by atoms with Gasteiger partial charge in [-0.15, -0.1) is 0 Å². The Morgan fingerprint density at radius 2 is 2.12 bits per heavy atom. The van der Waals surface area contributed by atoms with Gasteiger partial charge in [0.15, 0.2) is 0 Å². The highest BCUT2D eigenvalue weighted by molar-refractivity contribution is 6.06. The van der Waals surface area contributed by atoms with Gasteiger partial charge in [0.1, 0.15) is 23.3 Å². The minimum Gasteiger partial charge on any atom is -0.463 e. The van der Waals surface area contributed by atoms with E-state index in [4.69, 9.17) is 9.15 Å². The van der Waals surface area contributed by atoms with E-state index in [2.05, 4.69) is 5.32 Å². The number of nitrogens with zero attached hydrogens (tertiary/aromatic N) is 1. The van der Waals surface area contributed by atoms with E-state index < -0.39 is 11.4 Å². The molecular weight excluding hydrogens is 327 g/mol. The van der Waals surface area contributed by atoms with Crippen LogP contribution in [-0.2, 0) is 4.74 Å². The molecule has 134 valence electrons. The maximum absolute atomic E-state index is 13.2. The van der Waals surface area contributed by atoms with Crippen molar-refractivity contribution in [1.82, 2.24) is 10.2 Å². The van der Waals surface area contributed by atoms with E-state index in [-0.39, 0.29) is 18.0 Å². The lowest BCUT2D eigenvalue weighted by atomic mass is 10.1. The van der Waals surface area contributed by atoms with Gasteiger partial charge >= 0.3 is 6.09 Å². The van der Waals surface area contributed by atoms with Crippen molar-refractivity contribution in [2.45, 2.75) is 38.8 Å². The predicted octanol–water partition coefficient (Wildman–Crippen LogP) is 3.31. The van der Waals surface area contributed by atoms with Crippen molar-refractivity contribution in [2.75, 3.05) is 13.1 Å². The van der Waals surface area contributed by atoms with Crippen LogP contribution in [0, 0.1) is 5.82 Å². The third kappa shape index (κ3) is 3.92. The lowest BCUT2D eigenvalue weighted by molar-refractivity contribution is 0.0290. The van der Waals surface area contributed by atoms with Gasteiger partial charge < -0.3 is 19.4 Å². The Morgan fingerprint density at radius 1 is 1.36 bits per heavy atom. The fourth-order valence-electron chi connectivity index (χ4n) is 2.81. The number of ether oxygens (including phenoxy) is 1. The standard InChI is InChI=1S/C18H21FN2O4/c1-18(2,3)25-17(23)21-7-6-12(9-21)20-16(22)14-10-24-15-8-11(19)4-5-13(14)15/h4-5,8,10,12H,6-7,9H2,1-3H3,(H,20,22). The average Bonchev–Trinajstić information content (AvgIpc) is 3.11. The van der Waals surface area contributed by atoms with Crippen LogP contribution in [0.5, 0.6) is 0 Å². The number of hydrogen-bond donors (Lipinski definition) is 1. The summed E-state index contributed by atoms with van der Waals surface area (Å²) in [4.78, 5) is 26.1. The third-order valence-electron chi connectivity index (χ3n) is 3.96. The number of benzene rings is 1. The molecule has 2 aromatic rings. The lowest BCUT2D eigenvalue weighted by Crippen LogP contribution is -2.40. The van der Waals surface area contributed by atoms with Gasteiger partial charge in [0.25, 0.3) is 5.91 Å². The summed E-state index contributed by atoms with van der Waals surface area (Å²) in [5, 5.41) is 3.45. The average molecular weight is 348 g/mol. The van der Waals surface area contributed by atoms with Crippen LogP contribution in [-0.4, -0.2) is 41.6 Å². The van der Waals surface area contributed by atoms with Crippen molar-refractivity contribution in [1.29, 1.82) is 0 Å². The molecule has 1 unspecified atom stereocenters. The van der Waals surface area contributed by atoms with Gasteiger partial charge in [0.2, 0.25) is 0 Å². The number of hydrogen-bond acceptors (Lipinski definition) is 4. The maximum Gasteiger partial charge on any atom is 0.410 e. The SMILES string of the molecule is CC(C)(C)OC(=O)N1CCC(NC(=O)c2coc3cc(F)ccc23)C1. The first kappa shape index (κ1) is 17.3. The van der Waals surface area contributed by atoms with Crippen molar-refractivity contribution < 1.29 is 23.1 Å². The number of halogens is 1. The molecule has 6 nitrogen and oxygen atoms in total. The van der Waals surface area contributed by atoms with E-state index in [1.165, 1.54) is 24.5 Å². The van der Waals surface area contributed by atoms with E-state index in [9.17, 15) is 14.0 Å². The van der Waals surface area contributed by atoms with Crippen LogP contribution in [0.25, 0.3) is 11.0 Å². The van der Waals surface area contributed by atoms with Gasteiger partial charge in [0, 0.05) is 30.6 Å². The van der Waals surface area contributed by atoms with Gasteiger partial charge in [-0.3, -0.25) is 4.79 Å². The molecule has 0 radical (unpaired) electrons. The molecule has 2 amide bonds. The van der Waals surface area contributed by atoms with Gasteiger partial charge in [-0.05, 0) is 39.3 Å². The highest BCUT2D eigenvalue weighted by Gasteiger charge is 2.31. The number of rotatable bonds is 2. The Hall–Kier alpha value is -2.57. The monoisotopic (exact) mass is 348 g/mol. The van der Waals surface area contributed by atoms with Gasteiger partial charge in [0.05, 0.1) is 5.56 Å². The highest BCUT2D eigenvalue weighted by Crippen LogP contribution is 2.23. The van der Waals surface area contributed by atoms with Crippen molar-refractivity contribution >= 4 is 23.0 Å². The zero-order valence-corrected chi connectivity index (χ0v) is 14.5. The Balaban J connectivity index is 1.63. The Morgan fingerprint density at radius 3 is 2.84 bits per heavy atom. The smallest absolute Gasteiger partial charge is 0.410 e. The second-order valence-corrected chi connectivity index (χ2v) is 7.18. The van der Waals surface area contributed by atoms with E-state index in [1.807, 2.05) is 20.8 Å². The zero-order chi connectivity index (χ0) is 18.2. The number of furan rings is 1. The molecular formula is C18H21FN2O4. The second kappa shape index (κ2) is 6.38. The van der Waals surface area contributed by atoms with Crippen LogP contribution < -0.4 is 5.32 Å². The minimum absolute atomic E-state index is 0.162. The fourth-order valence-corrected chi connectivity index (χ4v) is 2.81.